The lowest BCUT2D eigenvalue weighted by molar-refractivity contribution is 0.0494. The molecule has 0 saturated carbocycles. The largest absolute Gasteiger partial charge is 0.379 e. The van der Waals surface area contributed by atoms with Gasteiger partial charge in [0.2, 0.25) is 0 Å². The van der Waals surface area contributed by atoms with E-state index in [2.05, 4.69) is 0 Å². The van der Waals surface area contributed by atoms with Gasteiger partial charge in [-0.25, -0.2) is 8.42 Å². The second-order valence-electron chi connectivity index (χ2n) is 3.78. The molecule has 0 spiro atoms. The van der Waals surface area contributed by atoms with E-state index >= 15 is 0 Å². The molecule has 0 aromatic heterocycles. The van der Waals surface area contributed by atoms with Crippen LogP contribution in [0, 0.1) is 0 Å². The summed E-state index contributed by atoms with van der Waals surface area (Å²) in [6.07, 6.45) is -1.13. The maximum atomic E-state index is 11.6. The quantitative estimate of drug-likeness (QED) is 0.582. The Labute approximate surface area is 89.8 Å². The van der Waals surface area contributed by atoms with Gasteiger partial charge < -0.3 is 20.9 Å². The van der Waals surface area contributed by atoms with E-state index in [4.69, 9.17) is 20.9 Å². The van der Waals surface area contributed by atoms with Crippen LogP contribution in [0.25, 0.3) is 0 Å². The van der Waals surface area contributed by atoms with Gasteiger partial charge in [0.05, 0.1) is 23.7 Å². The summed E-state index contributed by atoms with van der Waals surface area (Å²) in [6, 6.07) is -1.06. The summed E-state index contributed by atoms with van der Waals surface area (Å²) in [5.41, 5.74) is 11.7. The number of rotatable bonds is 2. The molecular weight excluding hydrogens is 220 g/mol. The van der Waals surface area contributed by atoms with E-state index in [1.165, 1.54) is 14.2 Å². The average molecular weight is 238 g/mol. The van der Waals surface area contributed by atoms with E-state index < -0.39 is 34.1 Å². The van der Waals surface area contributed by atoms with Crippen LogP contribution in [0.15, 0.2) is 0 Å². The number of hydrogen-bond acceptors (Lipinski definition) is 6. The monoisotopic (exact) mass is 238 g/mol. The van der Waals surface area contributed by atoms with Crippen LogP contribution in [-0.2, 0) is 19.3 Å². The van der Waals surface area contributed by atoms with Gasteiger partial charge >= 0.3 is 0 Å². The Hall–Kier alpha value is -0.210. The second kappa shape index (κ2) is 4.75. The molecule has 1 aliphatic rings. The van der Waals surface area contributed by atoms with Crippen LogP contribution >= 0.6 is 0 Å². The smallest absolute Gasteiger partial charge is 0.155 e. The predicted octanol–water partition coefficient (Wildman–Crippen LogP) is -1.90. The molecule has 4 atom stereocenters. The Bertz CT molecular complexity index is 282. The first-order chi connectivity index (χ1) is 6.91. The van der Waals surface area contributed by atoms with Crippen molar-refractivity contribution in [3.63, 3.8) is 0 Å². The highest BCUT2D eigenvalue weighted by molar-refractivity contribution is 7.91. The SMILES string of the molecule is CO[C@@H]1CS(=O)(=O)C[C@@H](OC)[C@H](N)[C@H]1N. The normalized spacial score (nSPS) is 41.1. The Morgan fingerprint density at radius 1 is 1.00 bits per heavy atom. The summed E-state index contributed by atoms with van der Waals surface area (Å²) in [6.45, 7) is 0. The minimum absolute atomic E-state index is 0.0990. The number of nitrogens with two attached hydrogens (primary N) is 2. The fourth-order valence-electron chi connectivity index (χ4n) is 1.74. The minimum atomic E-state index is -3.22. The zero-order chi connectivity index (χ0) is 11.6. The molecule has 0 bridgehead atoms. The molecule has 15 heavy (non-hydrogen) atoms. The summed E-state index contributed by atoms with van der Waals surface area (Å²) in [5, 5.41) is 0. The molecule has 1 fully saturated rings. The number of hydrogen-bond donors (Lipinski definition) is 2. The lowest BCUT2D eigenvalue weighted by Crippen LogP contribution is -2.55. The maximum Gasteiger partial charge on any atom is 0.155 e. The fraction of sp³-hybridized carbons (Fsp3) is 1.00. The van der Waals surface area contributed by atoms with Gasteiger partial charge in [0.15, 0.2) is 9.84 Å². The van der Waals surface area contributed by atoms with Crippen LogP contribution < -0.4 is 11.5 Å². The summed E-state index contributed by atoms with van der Waals surface area (Å²) < 4.78 is 33.3. The summed E-state index contributed by atoms with van der Waals surface area (Å²) in [4.78, 5) is 0. The molecule has 0 aromatic rings. The summed E-state index contributed by atoms with van der Waals surface area (Å²) in [7, 11) is -0.357. The van der Waals surface area contributed by atoms with Crippen LogP contribution in [0.4, 0.5) is 0 Å². The highest BCUT2D eigenvalue weighted by Crippen LogP contribution is 2.16. The van der Waals surface area contributed by atoms with Gasteiger partial charge in [0, 0.05) is 26.3 Å². The van der Waals surface area contributed by atoms with Crippen molar-refractivity contribution < 1.29 is 17.9 Å². The van der Waals surface area contributed by atoms with Crippen LogP contribution in [0.2, 0.25) is 0 Å². The Balaban J connectivity index is 2.96. The van der Waals surface area contributed by atoms with Gasteiger partial charge in [-0.3, -0.25) is 0 Å². The van der Waals surface area contributed by atoms with Gasteiger partial charge in [-0.1, -0.05) is 0 Å². The van der Waals surface area contributed by atoms with Crippen molar-refractivity contribution in [3.8, 4) is 0 Å². The van der Waals surface area contributed by atoms with Gasteiger partial charge in [0.25, 0.3) is 0 Å². The molecule has 0 amide bonds. The molecule has 4 N–H and O–H groups in total. The lowest BCUT2D eigenvalue weighted by Gasteiger charge is -2.27. The third kappa shape index (κ3) is 2.88. The van der Waals surface area contributed by atoms with Crippen molar-refractivity contribution in [2.75, 3.05) is 25.7 Å². The zero-order valence-corrected chi connectivity index (χ0v) is 9.74. The third-order valence-corrected chi connectivity index (χ3v) is 4.42. The van der Waals surface area contributed by atoms with E-state index in [0.29, 0.717) is 0 Å². The second-order valence-corrected chi connectivity index (χ2v) is 5.93. The summed E-state index contributed by atoms with van der Waals surface area (Å²) >= 11 is 0. The first kappa shape index (κ1) is 12.9. The van der Waals surface area contributed by atoms with E-state index in [1.54, 1.807) is 0 Å². The van der Waals surface area contributed by atoms with E-state index in [9.17, 15) is 8.42 Å². The first-order valence-electron chi connectivity index (χ1n) is 4.68. The van der Waals surface area contributed by atoms with Crippen molar-refractivity contribution in [3.05, 3.63) is 0 Å². The highest BCUT2D eigenvalue weighted by Gasteiger charge is 2.39. The van der Waals surface area contributed by atoms with Gasteiger partial charge in [-0.05, 0) is 0 Å². The Kier molecular flexibility index (Phi) is 4.07. The standard InChI is InChI=1S/C8H18N2O4S/c1-13-5-3-15(11,12)4-6(14-2)8(10)7(5)9/h5-8H,3-4,9-10H2,1-2H3/t5-,6-,7+,8+/m1/s1. The van der Waals surface area contributed by atoms with Crippen molar-refractivity contribution in [2.45, 2.75) is 24.3 Å². The van der Waals surface area contributed by atoms with Crippen molar-refractivity contribution in [2.24, 2.45) is 11.5 Å². The molecule has 1 saturated heterocycles. The number of ether oxygens (including phenoxy) is 2. The van der Waals surface area contributed by atoms with E-state index in [-0.39, 0.29) is 11.5 Å². The van der Waals surface area contributed by atoms with Gasteiger partial charge in [0.1, 0.15) is 0 Å². The van der Waals surface area contributed by atoms with Crippen molar-refractivity contribution >= 4 is 9.84 Å². The molecule has 0 radical (unpaired) electrons. The molecule has 0 aromatic carbocycles. The molecule has 0 unspecified atom stereocenters. The van der Waals surface area contributed by atoms with Crippen molar-refractivity contribution in [1.82, 2.24) is 0 Å². The molecule has 1 rings (SSSR count). The van der Waals surface area contributed by atoms with E-state index in [1.807, 2.05) is 0 Å². The zero-order valence-electron chi connectivity index (χ0n) is 8.92. The molecule has 1 aliphatic heterocycles. The lowest BCUT2D eigenvalue weighted by atomic mass is 10.0. The van der Waals surface area contributed by atoms with E-state index in [0.717, 1.165) is 0 Å². The minimum Gasteiger partial charge on any atom is -0.379 e. The Morgan fingerprint density at radius 2 is 1.33 bits per heavy atom. The van der Waals surface area contributed by atoms with Gasteiger partial charge in [-0.15, -0.1) is 0 Å². The average Bonchev–Trinajstić information content (AvgIpc) is 2.27. The molecule has 6 nitrogen and oxygen atoms in total. The maximum absolute atomic E-state index is 11.6. The molecule has 90 valence electrons. The molecule has 1 heterocycles. The van der Waals surface area contributed by atoms with Crippen LogP contribution in [0.5, 0.6) is 0 Å². The highest BCUT2D eigenvalue weighted by atomic mass is 32.2. The van der Waals surface area contributed by atoms with Crippen LogP contribution in [-0.4, -0.2) is 58.4 Å². The van der Waals surface area contributed by atoms with Gasteiger partial charge in [-0.2, -0.15) is 0 Å². The number of methoxy groups -OCH3 is 2. The number of sulfone groups is 1. The summed E-state index contributed by atoms with van der Waals surface area (Å²) in [5.74, 6) is -0.198. The predicted molar refractivity (Wildman–Crippen MR) is 56.2 cm³/mol. The first-order valence-corrected chi connectivity index (χ1v) is 6.50. The Morgan fingerprint density at radius 3 is 1.60 bits per heavy atom. The van der Waals surface area contributed by atoms with Crippen LogP contribution in [0.1, 0.15) is 0 Å². The molecule has 0 aliphatic carbocycles. The molecular formula is C8H18N2O4S. The van der Waals surface area contributed by atoms with Crippen LogP contribution in [0.3, 0.4) is 0 Å². The topological polar surface area (TPSA) is 105 Å². The molecule has 7 heteroatoms. The fourth-order valence-corrected chi connectivity index (χ4v) is 3.59. The van der Waals surface area contributed by atoms with Crippen molar-refractivity contribution in [1.29, 1.82) is 0 Å². The third-order valence-electron chi connectivity index (χ3n) is 2.74.